The molecule has 0 spiro atoms. The molecule has 4 heteroatoms. The van der Waals surface area contributed by atoms with Crippen LogP contribution in [-0.2, 0) is 0 Å². The Bertz CT molecular complexity index is 527. The van der Waals surface area contributed by atoms with E-state index in [9.17, 15) is 9.90 Å². The fourth-order valence-electron chi connectivity index (χ4n) is 1.25. The molecule has 0 aliphatic heterocycles. The van der Waals surface area contributed by atoms with Gasteiger partial charge in [0.25, 0.3) is 0 Å². The Labute approximate surface area is 79.4 Å². The maximum Gasteiger partial charge on any atom is 0.379 e. The lowest BCUT2D eigenvalue weighted by molar-refractivity contribution is 0.382. The highest BCUT2D eigenvalue weighted by molar-refractivity contribution is 5.82. The van der Waals surface area contributed by atoms with E-state index < -0.39 is 5.63 Å². The zero-order valence-corrected chi connectivity index (χ0v) is 7.48. The van der Waals surface area contributed by atoms with Crippen LogP contribution in [0.4, 0.5) is 0 Å². The third kappa shape index (κ3) is 1.21. The topological polar surface area (TPSA) is 59.7 Å². The van der Waals surface area contributed by atoms with Gasteiger partial charge in [-0.25, -0.2) is 4.79 Å². The number of phenols is 1. The summed E-state index contributed by atoms with van der Waals surface area (Å²) in [5, 5.41) is 10.0. The number of aromatic hydroxyl groups is 1. The van der Waals surface area contributed by atoms with Crippen LogP contribution in [0.5, 0.6) is 11.5 Å². The molecule has 4 nitrogen and oxygen atoms in total. The Morgan fingerprint density at radius 3 is 2.93 bits per heavy atom. The van der Waals surface area contributed by atoms with Crippen LogP contribution in [0, 0.1) is 0 Å². The molecule has 1 heterocycles. The predicted octanol–water partition coefficient (Wildman–Crippen LogP) is 1.51. The van der Waals surface area contributed by atoms with Crippen molar-refractivity contribution in [2.24, 2.45) is 0 Å². The zero-order valence-electron chi connectivity index (χ0n) is 7.48. The highest BCUT2D eigenvalue weighted by Gasteiger charge is 2.07. The fourth-order valence-corrected chi connectivity index (χ4v) is 1.25. The number of phenolic OH excluding ortho intramolecular Hbond substituents is 1. The van der Waals surface area contributed by atoms with Crippen molar-refractivity contribution in [3.8, 4) is 11.5 Å². The van der Waals surface area contributed by atoms with E-state index in [1.165, 1.54) is 19.2 Å². The molecule has 0 radical (unpaired) electrons. The molecular formula is C10H8O4. The molecule has 1 N–H and O–H groups in total. The third-order valence-corrected chi connectivity index (χ3v) is 1.93. The van der Waals surface area contributed by atoms with Crippen LogP contribution >= 0.6 is 0 Å². The summed E-state index contributed by atoms with van der Waals surface area (Å²) < 4.78 is 9.69. The summed E-state index contributed by atoms with van der Waals surface area (Å²) in [7, 11) is 1.39. The minimum Gasteiger partial charge on any atom is -0.504 e. The quantitative estimate of drug-likeness (QED) is 0.695. The van der Waals surface area contributed by atoms with Crippen molar-refractivity contribution in [1.29, 1.82) is 0 Å². The molecule has 0 saturated heterocycles. The van der Waals surface area contributed by atoms with E-state index in [1.807, 2.05) is 0 Å². The highest BCUT2D eigenvalue weighted by Crippen LogP contribution is 2.24. The SMILES string of the molecule is COc1cc2cccc(O)c2oc1=O. The van der Waals surface area contributed by atoms with Gasteiger partial charge in [0.2, 0.25) is 5.75 Å². The van der Waals surface area contributed by atoms with Gasteiger partial charge in [0, 0.05) is 5.39 Å². The Morgan fingerprint density at radius 1 is 1.43 bits per heavy atom. The number of benzene rings is 1. The van der Waals surface area contributed by atoms with E-state index in [-0.39, 0.29) is 17.1 Å². The largest absolute Gasteiger partial charge is 0.504 e. The molecule has 1 aromatic heterocycles. The smallest absolute Gasteiger partial charge is 0.379 e. The van der Waals surface area contributed by atoms with E-state index in [0.717, 1.165) is 0 Å². The van der Waals surface area contributed by atoms with Crippen molar-refractivity contribution in [1.82, 2.24) is 0 Å². The molecule has 0 unspecified atom stereocenters. The van der Waals surface area contributed by atoms with Crippen molar-refractivity contribution < 1.29 is 14.3 Å². The first-order chi connectivity index (χ1) is 6.72. The molecule has 0 amide bonds. The lowest BCUT2D eigenvalue weighted by Crippen LogP contribution is -2.02. The molecule has 1 aromatic carbocycles. The number of methoxy groups -OCH3 is 1. The zero-order chi connectivity index (χ0) is 10.1. The van der Waals surface area contributed by atoms with E-state index in [1.54, 1.807) is 12.1 Å². The van der Waals surface area contributed by atoms with Crippen LogP contribution in [0.3, 0.4) is 0 Å². The van der Waals surface area contributed by atoms with Crippen LogP contribution in [0.15, 0.2) is 33.5 Å². The number of rotatable bonds is 1. The van der Waals surface area contributed by atoms with Gasteiger partial charge in [0.1, 0.15) is 0 Å². The first-order valence-electron chi connectivity index (χ1n) is 4.02. The van der Waals surface area contributed by atoms with Gasteiger partial charge in [-0.1, -0.05) is 12.1 Å². The molecule has 0 fully saturated rings. The standard InChI is InChI=1S/C10H8O4/c1-13-8-5-6-3-2-4-7(11)9(6)14-10(8)12/h2-5,11H,1H3. The van der Waals surface area contributed by atoms with Crippen molar-refractivity contribution in [3.05, 3.63) is 34.7 Å². The molecule has 0 saturated carbocycles. The second kappa shape index (κ2) is 3.06. The summed E-state index contributed by atoms with van der Waals surface area (Å²) in [6, 6.07) is 6.37. The number of hydrogen-bond acceptors (Lipinski definition) is 4. The number of fused-ring (bicyclic) bond motifs is 1. The molecular weight excluding hydrogens is 184 g/mol. The molecule has 2 aromatic rings. The number of ether oxygens (including phenoxy) is 1. The summed E-state index contributed by atoms with van der Waals surface area (Å²) in [6.45, 7) is 0. The Hall–Kier alpha value is -1.97. The van der Waals surface area contributed by atoms with Gasteiger partial charge in [0.15, 0.2) is 11.3 Å². The normalized spacial score (nSPS) is 10.4. The van der Waals surface area contributed by atoms with E-state index in [4.69, 9.17) is 9.15 Å². The summed E-state index contributed by atoms with van der Waals surface area (Å²) in [5.41, 5.74) is -0.417. The summed E-state index contributed by atoms with van der Waals surface area (Å²) in [6.07, 6.45) is 0. The molecule has 72 valence electrons. The van der Waals surface area contributed by atoms with Crippen LogP contribution in [0.25, 0.3) is 11.0 Å². The van der Waals surface area contributed by atoms with Crippen molar-refractivity contribution in [2.75, 3.05) is 7.11 Å². The first-order valence-corrected chi connectivity index (χ1v) is 4.02. The van der Waals surface area contributed by atoms with Gasteiger partial charge in [-0.15, -0.1) is 0 Å². The summed E-state index contributed by atoms with van der Waals surface area (Å²) in [5.74, 6) is 0.0744. The maximum atomic E-state index is 11.2. The van der Waals surface area contributed by atoms with Crippen LogP contribution in [0.2, 0.25) is 0 Å². The molecule has 0 aliphatic rings. The van der Waals surface area contributed by atoms with Crippen molar-refractivity contribution in [2.45, 2.75) is 0 Å². The average Bonchev–Trinajstić information content (AvgIpc) is 2.19. The average molecular weight is 192 g/mol. The minimum atomic E-state index is -0.596. The van der Waals surface area contributed by atoms with Gasteiger partial charge < -0.3 is 14.3 Å². The van der Waals surface area contributed by atoms with Crippen molar-refractivity contribution in [3.63, 3.8) is 0 Å². The molecule has 0 bridgehead atoms. The second-order valence-electron chi connectivity index (χ2n) is 2.80. The number of hydrogen-bond donors (Lipinski definition) is 1. The maximum absolute atomic E-state index is 11.2. The van der Waals surface area contributed by atoms with Gasteiger partial charge in [-0.05, 0) is 12.1 Å². The second-order valence-corrected chi connectivity index (χ2v) is 2.80. The lowest BCUT2D eigenvalue weighted by atomic mass is 10.2. The van der Waals surface area contributed by atoms with Crippen LogP contribution in [0.1, 0.15) is 0 Å². The van der Waals surface area contributed by atoms with Crippen molar-refractivity contribution >= 4 is 11.0 Å². The van der Waals surface area contributed by atoms with Gasteiger partial charge in [-0.2, -0.15) is 0 Å². The van der Waals surface area contributed by atoms with E-state index >= 15 is 0 Å². The Balaban J connectivity index is 2.86. The lowest BCUT2D eigenvalue weighted by Gasteiger charge is -2.01. The molecule has 0 aliphatic carbocycles. The van der Waals surface area contributed by atoms with Crippen LogP contribution < -0.4 is 10.4 Å². The van der Waals surface area contributed by atoms with Gasteiger partial charge in [-0.3, -0.25) is 0 Å². The fraction of sp³-hybridized carbons (Fsp3) is 0.100. The van der Waals surface area contributed by atoms with Gasteiger partial charge >= 0.3 is 5.63 Å². The minimum absolute atomic E-state index is 0.0535. The third-order valence-electron chi connectivity index (χ3n) is 1.93. The Morgan fingerprint density at radius 2 is 2.21 bits per heavy atom. The Kier molecular flexibility index (Phi) is 1.89. The van der Waals surface area contributed by atoms with E-state index in [2.05, 4.69) is 0 Å². The van der Waals surface area contributed by atoms with Crippen LogP contribution in [-0.4, -0.2) is 12.2 Å². The van der Waals surface area contributed by atoms with Gasteiger partial charge in [0.05, 0.1) is 7.11 Å². The number of para-hydroxylation sites is 1. The summed E-state index contributed by atoms with van der Waals surface area (Å²) in [4.78, 5) is 11.2. The highest BCUT2D eigenvalue weighted by atomic mass is 16.5. The summed E-state index contributed by atoms with van der Waals surface area (Å²) >= 11 is 0. The first kappa shape index (κ1) is 8.62. The molecule has 14 heavy (non-hydrogen) atoms. The molecule has 2 rings (SSSR count). The van der Waals surface area contributed by atoms with E-state index in [0.29, 0.717) is 5.39 Å². The predicted molar refractivity (Wildman–Crippen MR) is 50.7 cm³/mol. The molecule has 0 atom stereocenters. The monoisotopic (exact) mass is 192 g/mol.